The van der Waals surface area contributed by atoms with E-state index in [0.29, 0.717) is 6.54 Å². The number of fused-ring (bicyclic) bond motifs is 3. The molecule has 6 rings (SSSR count). The highest BCUT2D eigenvalue weighted by molar-refractivity contribution is 5.90. The molecule has 0 saturated carbocycles. The number of nitrogens with one attached hydrogen (secondary N) is 1. The van der Waals surface area contributed by atoms with Gasteiger partial charge in [0.1, 0.15) is 5.82 Å². The third kappa shape index (κ3) is 4.18. The van der Waals surface area contributed by atoms with Crippen molar-refractivity contribution in [2.45, 2.75) is 39.8 Å². The second-order valence-corrected chi connectivity index (χ2v) is 9.86. The van der Waals surface area contributed by atoms with E-state index in [9.17, 15) is 4.79 Å². The largest absolute Gasteiger partial charge is 0.322 e. The molecule has 1 N–H and O–H groups in total. The summed E-state index contributed by atoms with van der Waals surface area (Å²) in [5, 5.41) is 8.09. The van der Waals surface area contributed by atoms with Crippen molar-refractivity contribution in [3.05, 3.63) is 131 Å². The Morgan fingerprint density at radius 3 is 2.47 bits per heavy atom. The molecule has 0 bridgehead atoms. The Morgan fingerprint density at radius 2 is 1.74 bits per heavy atom. The number of rotatable bonds is 4. The SMILES string of the molecule is CCc1ccc([C@@H]2c3cccn3-c3c(c(C)nn3-c3ccccc3)CN2C(=O)Nc2cccc(C)c2)cc1. The van der Waals surface area contributed by atoms with Crippen LogP contribution in [0.15, 0.2) is 97.2 Å². The number of carbonyl (C=O) groups is 1. The van der Waals surface area contributed by atoms with Crippen molar-refractivity contribution in [3.8, 4) is 11.5 Å². The molecule has 2 aromatic heterocycles. The third-order valence-electron chi connectivity index (χ3n) is 7.32. The molecule has 0 aliphatic carbocycles. The topological polar surface area (TPSA) is 55.1 Å². The highest BCUT2D eigenvalue weighted by Gasteiger charge is 2.36. The van der Waals surface area contributed by atoms with Gasteiger partial charge in [0.25, 0.3) is 0 Å². The maximum atomic E-state index is 14.0. The van der Waals surface area contributed by atoms with Crippen LogP contribution < -0.4 is 5.32 Å². The second kappa shape index (κ2) is 9.71. The first-order chi connectivity index (χ1) is 18.5. The quantitative estimate of drug-likeness (QED) is 0.289. The molecule has 1 aliphatic rings. The van der Waals surface area contributed by atoms with Gasteiger partial charge < -0.3 is 14.8 Å². The van der Waals surface area contributed by atoms with E-state index in [2.05, 4.69) is 65.5 Å². The Morgan fingerprint density at radius 1 is 0.947 bits per heavy atom. The van der Waals surface area contributed by atoms with Gasteiger partial charge in [0.05, 0.1) is 29.7 Å². The van der Waals surface area contributed by atoms with Crippen molar-refractivity contribution < 1.29 is 4.79 Å². The molecule has 0 radical (unpaired) electrons. The van der Waals surface area contributed by atoms with Crippen LogP contribution in [-0.4, -0.2) is 25.3 Å². The number of para-hydroxylation sites is 1. The minimum Gasteiger partial charge on any atom is -0.308 e. The van der Waals surface area contributed by atoms with Crippen LogP contribution >= 0.6 is 0 Å². The molecule has 1 aliphatic heterocycles. The zero-order chi connectivity index (χ0) is 26.2. The molecular formula is C32H31N5O. The van der Waals surface area contributed by atoms with Crippen LogP contribution in [0.25, 0.3) is 11.5 Å². The zero-order valence-electron chi connectivity index (χ0n) is 21.9. The number of aromatic nitrogens is 3. The van der Waals surface area contributed by atoms with Gasteiger partial charge in [-0.15, -0.1) is 0 Å². The van der Waals surface area contributed by atoms with Crippen molar-refractivity contribution in [2.75, 3.05) is 5.32 Å². The number of amides is 2. The molecule has 0 fully saturated rings. The van der Waals surface area contributed by atoms with Crippen LogP contribution in [0.1, 0.15) is 46.6 Å². The highest BCUT2D eigenvalue weighted by atomic mass is 16.2. The van der Waals surface area contributed by atoms with Crippen molar-refractivity contribution >= 4 is 11.7 Å². The first kappa shape index (κ1) is 23.8. The van der Waals surface area contributed by atoms with Crippen molar-refractivity contribution in [1.82, 2.24) is 19.2 Å². The lowest BCUT2D eigenvalue weighted by molar-refractivity contribution is 0.194. The smallest absolute Gasteiger partial charge is 0.308 e. The van der Waals surface area contributed by atoms with E-state index in [4.69, 9.17) is 5.10 Å². The predicted molar refractivity (Wildman–Crippen MR) is 151 cm³/mol. The fourth-order valence-electron chi connectivity index (χ4n) is 5.35. The molecule has 0 saturated heterocycles. The zero-order valence-corrected chi connectivity index (χ0v) is 21.9. The lowest BCUT2D eigenvalue weighted by Crippen LogP contribution is -2.38. The summed E-state index contributed by atoms with van der Waals surface area (Å²) < 4.78 is 4.19. The first-order valence-electron chi connectivity index (χ1n) is 13.1. The van der Waals surface area contributed by atoms with E-state index < -0.39 is 0 Å². The summed E-state index contributed by atoms with van der Waals surface area (Å²) >= 11 is 0. The standard InChI is InChI=1S/C32H31N5O/c1-4-24-15-17-25(18-16-24)30-29-14-9-19-35(29)31-28(23(3)34-37(31)27-12-6-5-7-13-27)21-36(30)32(38)33-26-11-8-10-22(2)20-26/h5-20,30H,4,21H2,1-3H3,(H,33,38)/t30-/m1/s1. The van der Waals surface area contributed by atoms with Crippen molar-refractivity contribution in [3.63, 3.8) is 0 Å². The summed E-state index contributed by atoms with van der Waals surface area (Å²) in [6.45, 7) is 6.63. The average molecular weight is 502 g/mol. The summed E-state index contributed by atoms with van der Waals surface area (Å²) in [6, 6.07) is 30.4. The molecule has 1 atom stereocenters. The number of hydrogen-bond acceptors (Lipinski definition) is 2. The van der Waals surface area contributed by atoms with E-state index >= 15 is 0 Å². The van der Waals surface area contributed by atoms with Crippen LogP contribution in [0, 0.1) is 13.8 Å². The minimum absolute atomic E-state index is 0.146. The maximum Gasteiger partial charge on any atom is 0.322 e. The maximum absolute atomic E-state index is 14.0. The number of hydrogen-bond donors (Lipinski definition) is 1. The molecule has 6 heteroatoms. The van der Waals surface area contributed by atoms with Gasteiger partial charge in [0, 0.05) is 17.4 Å². The Bertz CT molecular complexity index is 1600. The number of urea groups is 1. The van der Waals surface area contributed by atoms with Gasteiger partial charge >= 0.3 is 6.03 Å². The van der Waals surface area contributed by atoms with Crippen LogP contribution in [0.3, 0.4) is 0 Å². The number of aryl methyl sites for hydroxylation is 3. The first-order valence-corrected chi connectivity index (χ1v) is 13.1. The average Bonchev–Trinajstić information content (AvgIpc) is 3.49. The van der Waals surface area contributed by atoms with Crippen LogP contribution in [-0.2, 0) is 13.0 Å². The number of anilines is 1. The Hall–Kier alpha value is -4.58. The lowest BCUT2D eigenvalue weighted by Gasteiger charge is -2.31. The normalized spacial score (nSPS) is 14.5. The van der Waals surface area contributed by atoms with Crippen molar-refractivity contribution in [2.24, 2.45) is 0 Å². The Labute approximate surface area is 223 Å². The molecule has 38 heavy (non-hydrogen) atoms. The summed E-state index contributed by atoms with van der Waals surface area (Å²) in [6.07, 6.45) is 3.04. The molecule has 2 amide bonds. The monoisotopic (exact) mass is 501 g/mol. The molecule has 0 unspecified atom stereocenters. The predicted octanol–water partition coefficient (Wildman–Crippen LogP) is 6.98. The molecular weight excluding hydrogens is 470 g/mol. The lowest BCUT2D eigenvalue weighted by atomic mass is 9.99. The number of nitrogens with zero attached hydrogens (tertiary/aromatic N) is 4. The van der Waals surface area contributed by atoms with Gasteiger partial charge in [-0.25, -0.2) is 9.48 Å². The van der Waals surface area contributed by atoms with Gasteiger partial charge in [-0.05, 0) is 73.4 Å². The molecule has 6 nitrogen and oxygen atoms in total. The van der Waals surface area contributed by atoms with E-state index in [0.717, 1.165) is 51.7 Å². The summed E-state index contributed by atoms with van der Waals surface area (Å²) in [5.74, 6) is 0.967. The molecule has 190 valence electrons. The number of benzene rings is 3. The van der Waals surface area contributed by atoms with Gasteiger partial charge in [0.15, 0.2) is 0 Å². The van der Waals surface area contributed by atoms with Gasteiger partial charge in [0.2, 0.25) is 0 Å². The molecule has 0 spiro atoms. The van der Waals surface area contributed by atoms with Crippen molar-refractivity contribution in [1.29, 1.82) is 0 Å². The molecule has 3 heterocycles. The summed E-state index contributed by atoms with van der Waals surface area (Å²) in [4.78, 5) is 16.0. The fraction of sp³-hybridized carbons (Fsp3) is 0.188. The van der Waals surface area contributed by atoms with Crippen LogP contribution in [0.4, 0.5) is 10.5 Å². The van der Waals surface area contributed by atoms with Crippen LogP contribution in [0.2, 0.25) is 0 Å². The molecule has 3 aromatic carbocycles. The van der Waals surface area contributed by atoms with E-state index in [1.54, 1.807) is 0 Å². The fourth-order valence-corrected chi connectivity index (χ4v) is 5.35. The minimum atomic E-state index is -0.281. The van der Waals surface area contributed by atoms with Gasteiger partial charge in [-0.2, -0.15) is 5.10 Å². The highest BCUT2D eigenvalue weighted by Crippen LogP contribution is 2.38. The van der Waals surface area contributed by atoms with E-state index in [-0.39, 0.29) is 12.1 Å². The number of carbonyl (C=O) groups excluding carboxylic acids is 1. The van der Waals surface area contributed by atoms with Gasteiger partial charge in [-0.1, -0.05) is 61.5 Å². The van der Waals surface area contributed by atoms with E-state index in [1.165, 1.54) is 5.56 Å². The summed E-state index contributed by atoms with van der Waals surface area (Å²) in [5.41, 5.74) is 8.16. The Kier molecular flexibility index (Phi) is 6.08. The van der Waals surface area contributed by atoms with E-state index in [1.807, 2.05) is 72.0 Å². The second-order valence-electron chi connectivity index (χ2n) is 9.86. The van der Waals surface area contributed by atoms with Crippen LogP contribution in [0.5, 0.6) is 0 Å². The summed E-state index contributed by atoms with van der Waals surface area (Å²) in [7, 11) is 0. The molecule has 5 aromatic rings. The third-order valence-corrected chi connectivity index (χ3v) is 7.32. The Balaban J connectivity index is 1.53. The van der Waals surface area contributed by atoms with Gasteiger partial charge in [-0.3, -0.25) is 0 Å².